The molecule has 2 fully saturated rings. The van der Waals surface area contributed by atoms with Gasteiger partial charge in [0.25, 0.3) is 0 Å². The summed E-state index contributed by atoms with van der Waals surface area (Å²) in [4.78, 5) is 14.3. The molecule has 0 spiro atoms. The Bertz CT molecular complexity index is 352. The number of amidine groups is 1. The van der Waals surface area contributed by atoms with Crippen molar-refractivity contribution in [1.29, 1.82) is 0 Å². The van der Waals surface area contributed by atoms with Crippen molar-refractivity contribution in [3.8, 4) is 0 Å². The van der Waals surface area contributed by atoms with Crippen molar-refractivity contribution < 1.29 is 10.0 Å². The van der Waals surface area contributed by atoms with Crippen molar-refractivity contribution in [1.82, 2.24) is 10.2 Å². The lowest BCUT2D eigenvalue weighted by Gasteiger charge is -2.30. The lowest BCUT2D eigenvalue weighted by molar-refractivity contribution is -0.124. The molecule has 2 aliphatic rings. The molecule has 1 unspecified atom stereocenters. The molecule has 4 N–H and O–H groups in total. The zero-order chi connectivity index (χ0) is 13.2. The van der Waals surface area contributed by atoms with Crippen LogP contribution in [0.4, 0.5) is 0 Å². The van der Waals surface area contributed by atoms with Crippen LogP contribution in [0.5, 0.6) is 0 Å². The van der Waals surface area contributed by atoms with E-state index in [1.807, 2.05) is 0 Å². The Kier molecular flexibility index (Phi) is 3.75. The van der Waals surface area contributed by atoms with E-state index in [9.17, 15) is 4.79 Å². The van der Waals surface area contributed by atoms with Gasteiger partial charge in [-0.3, -0.25) is 4.79 Å². The number of carbonyl (C=O) groups excluding carboxylic acids is 1. The first-order chi connectivity index (χ1) is 8.58. The maximum atomic E-state index is 12.1. The zero-order valence-electron chi connectivity index (χ0n) is 10.9. The van der Waals surface area contributed by atoms with Gasteiger partial charge in [-0.1, -0.05) is 5.16 Å². The fourth-order valence-electron chi connectivity index (χ4n) is 2.67. The van der Waals surface area contributed by atoms with E-state index in [2.05, 4.69) is 22.4 Å². The molecular weight excluding hydrogens is 232 g/mol. The van der Waals surface area contributed by atoms with Crippen molar-refractivity contribution in [3.63, 3.8) is 0 Å². The summed E-state index contributed by atoms with van der Waals surface area (Å²) in [5.74, 6) is 0.461. The topological polar surface area (TPSA) is 91.0 Å². The second-order valence-corrected chi connectivity index (χ2v) is 5.55. The second-order valence-electron chi connectivity index (χ2n) is 5.55. The van der Waals surface area contributed by atoms with Crippen LogP contribution in [0.15, 0.2) is 5.16 Å². The van der Waals surface area contributed by atoms with Gasteiger partial charge >= 0.3 is 0 Å². The molecule has 6 nitrogen and oxygen atoms in total. The Labute approximate surface area is 107 Å². The number of likely N-dealkylation sites (tertiary alicyclic amines) is 1. The van der Waals surface area contributed by atoms with Gasteiger partial charge in [0, 0.05) is 13.1 Å². The normalized spacial score (nSPS) is 27.8. The maximum absolute atomic E-state index is 12.1. The number of nitrogens with zero attached hydrogens (tertiary/aromatic N) is 2. The largest absolute Gasteiger partial charge is 0.409 e. The minimum atomic E-state index is -0.727. The van der Waals surface area contributed by atoms with Crippen LogP contribution in [-0.2, 0) is 4.79 Å². The van der Waals surface area contributed by atoms with Gasteiger partial charge in [0.05, 0.1) is 0 Å². The summed E-state index contributed by atoms with van der Waals surface area (Å²) in [7, 11) is 2.10. The number of carbonyl (C=O) groups is 1. The molecule has 1 amide bonds. The highest BCUT2D eigenvalue weighted by molar-refractivity contribution is 6.09. The average molecular weight is 254 g/mol. The molecule has 1 aliphatic carbocycles. The number of nitrogens with two attached hydrogens (primary N) is 1. The third-order valence-electron chi connectivity index (χ3n) is 4.06. The highest BCUT2D eigenvalue weighted by atomic mass is 16.4. The third-order valence-corrected chi connectivity index (χ3v) is 4.06. The Balaban J connectivity index is 1.82. The van der Waals surface area contributed by atoms with E-state index in [-0.39, 0.29) is 11.7 Å². The van der Waals surface area contributed by atoms with Gasteiger partial charge in [-0.15, -0.1) is 0 Å². The predicted molar refractivity (Wildman–Crippen MR) is 68.3 cm³/mol. The van der Waals surface area contributed by atoms with Crippen LogP contribution < -0.4 is 11.1 Å². The monoisotopic (exact) mass is 254 g/mol. The molecule has 0 aromatic rings. The molecule has 1 saturated heterocycles. The van der Waals surface area contributed by atoms with Gasteiger partial charge in [0.2, 0.25) is 5.91 Å². The fourth-order valence-corrected chi connectivity index (χ4v) is 2.67. The van der Waals surface area contributed by atoms with E-state index in [0.717, 1.165) is 19.5 Å². The first-order valence-electron chi connectivity index (χ1n) is 6.53. The van der Waals surface area contributed by atoms with E-state index in [4.69, 9.17) is 10.9 Å². The van der Waals surface area contributed by atoms with Crippen LogP contribution in [-0.4, -0.2) is 48.5 Å². The number of hydrogen-bond donors (Lipinski definition) is 3. The summed E-state index contributed by atoms with van der Waals surface area (Å²) in [6, 6.07) is 0. The van der Waals surface area contributed by atoms with Crippen LogP contribution >= 0.6 is 0 Å². The van der Waals surface area contributed by atoms with Gasteiger partial charge in [0.1, 0.15) is 5.41 Å². The molecule has 1 heterocycles. The molecule has 1 atom stereocenters. The standard InChI is InChI=1S/C12H22N4O2/c1-16-6-2-3-9(8-16)7-14-11(17)12(4-5-12)10(13)15-18/h9,18H,2-8H2,1H3,(H2,13,15)(H,14,17). The molecule has 0 radical (unpaired) electrons. The molecule has 2 rings (SSSR count). The fraction of sp³-hybridized carbons (Fsp3) is 0.833. The Morgan fingerprint density at radius 3 is 2.89 bits per heavy atom. The van der Waals surface area contributed by atoms with Gasteiger partial charge in [0.15, 0.2) is 5.84 Å². The number of amides is 1. The molecule has 1 aliphatic heterocycles. The summed E-state index contributed by atoms with van der Waals surface area (Å²) < 4.78 is 0. The molecule has 0 aromatic carbocycles. The number of hydrogen-bond acceptors (Lipinski definition) is 4. The summed E-state index contributed by atoms with van der Waals surface area (Å²) in [5.41, 5.74) is 4.85. The highest BCUT2D eigenvalue weighted by Crippen LogP contribution is 2.46. The van der Waals surface area contributed by atoms with Crippen LogP contribution in [0.25, 0.3) is 0 Å². The van der Waals surface area contributed by atoms with Crippen molar-refractivity contribution in [2.45, 2.75) is 25.7 Å². The molecule has 6 heteroatoms. The second kappa shape index (κ2) is 5.14. The van der Waals surface area contributed by atoms with E-state index in [1.54, 1.807) is 0 Å². The lowest BCUT2D eigenvalue weighted by atomic mass is 9.97. The third kappa shape index (κ3) is 2.58. The van der Waals surface area contributed by atoms with Gasteiger partial charge < -0.3 is 21.2 Å². The van der Waals surface area contributed by atoms with E-state index < -0.39 is 5.41 Å². The molecule has 18 heavy (non-hydrogen) atoms. The van der Waals surface area contributed by atoms with Crippen molar-refractivity contribution >= 4 is 11.7 Å². The lowest BCUT2D eigenvalue weighted by Crippen LogP contribution is -2.44. The minimum Gasteiger partial charge on any atom is -0.409 e. The summed E-state index contributed by atoms with van der Waals surface area (Å²) in [5, 5.41) is 14.6. The number of piperidine rings is 1. The first kappa shape index (κ1) is 13.1. The molecular formula is C12H22N4O2. The highest BCUT2D eigenvalue weighted by Gasteiger charge is 2.54. The average Bonchev–Trinajstić information content (AvgIpc) is 3.16. The number of nitrogens with one attached hydrogen (secondary N) is 1. The first-order valence-corrected chi connectivity index (χ1v) is 6.53. The Hall–Kier alpha value is -1.30. The SMILES string of the molecule is CN1CCCC(CNC(=O)C2(C(N)=NO)CC2)C1. The van der Waals surface area contributed by atoms with Crippen molar-refractivity contribution in [2.75, 3.05) is 26.7 Å². The summed E-state index contributed by atoms with van der Waals surface area (Å²) >= 11 is 0. The Morgan fingerprint density at radius 1 is 1.61 bits per heavy atom. The van der Waals surface area contributed by atoms with Crippen molar-refractivity contribution in [2.24, 2.45) is 22.2 Å². The van der Waals surface area contributed by atoms with Gasteiger partial charge in [-0.25, -0.2) is 0 Å². The van der Waals surface area contributed by atoms with Gasteiger partial charge in [-0.05, 0) is 45.2 Å². The van der Waals surface area contributed by atoms with Crippen LogP contribution in [0.1, 0.15) is 25.7 Å². The van der Waals surface area contributed by atoms with Crippen LogP contribution in [0, 0.1) is 11.3 Å². The van der Waals surface area contributed by atoms with Crippen LogP contribution in [0.3, 0.4) is 0 Å². The summed E-state index contributed by atoms with van der Waals surface area (Å²) in [6.45, 7) is 2.85. The van der Waals surface area contributed by atoms with Crippen LogP contribution in [0.2, 0.25) is 0 Å². The van der Waals surface area contributed by atoms with E-state index in [0.29, 0.717) is 25.3 Å². The Morgan fingerprint density at radius 2 is 2.33 bits per heavy atom. The maximum Gasteiger partial charge on any atom is 0.233 e. The number of oxime groups is 1. The molecule has 1 saturated carbocycles. The quantitative estimate of drug-likeness (QED) is 0.284. The van der Waals surface area contributed by atoms with E-state index in [1.165, 1.54) is 6.42 Å². The predicted octanol–water partition coefficient (Wildman–Crippen LogP) is -0.0290. The zero-order valence-corrected chi connectivity index (χ0v) is 10.9. The molecule has 102 valence electrons. The smallest absolute Gasteiger partial charge is 0.233 e. The van der Waals surface area contributed by atoms with Crippen molar-refractivity contribution in [3.05, 3.63) is 0 Å². The number of rotatable bonds is 4. The van der Waals surface area contributed by atoms with E-state index >= 15 is 0 Å². The molecule has 0 bridgehead atoms. The van der Waals surface area contributed by atoms with Gasteiger partial charge in [-0.2, -0.15) is 0 Å². The summed E-state index contributed by atoms with van der Waals surface area (Å²) in [6.07, 6.45) is 3.70. The minimum absolute atomic E-state index is 0.0424. The molecule has 0 aromatic heterocycles.